The highest BCUT2D eigenvalue weighted by atomic mass is 16.2. The molecule has 1 rings (SSSR count). The Bertz CT molecular complexity index is 379. The van der Waals surface area contributed by atoms with Gasteiger partial charge in [-0.25, -0.2) is 0 Å². The molecule has 76 valence electrons. The maximum Gasteiger partial charge on any atom is 0.274 e. The molecule has 1 heterocycles. The van der Waals surface area contributed by atoms with Gasteiger partial charge in [-0.15, -0.1) is 0 Å². The third-order valence-corrected chi connectivity index (χ3v) is 1.82. The zero-order chi connectivity index (χ0) is 10.9. The van der Waals surface area contributed by atoms with E-state index in [1.807, 2.05) is 0 Å². The lowest BCUT2D eigenvalue weighted by Gasteiger charge is -2.07. The Kier molecular flexibility index (Phi) is 2.69. The van der Waals surface area contributed by atoms with Gasteiger partial charge in [0.1, 0.15) is 0 Å². The van der Waals surface area contributed by atoms with E-state index in [2.05, 4.69) is 5.10 Å². The summed E-state index contributed by atoms with van der Waals surface area (Å²) in [6.45, 7) is 1.42. The maximum absolute atomic E-state index is 11.6. The van der Waals surface area contributed by atoms with Crippen molar-refractivity contribution < 1.29 is 9.59 Å². The van der Waals surface area contributed by atoms with E-state index in [4.69, 9.17) is 0 Å². The molecule has 0 unspecified atom stereocenters. The first-order valence-electron chi connectivity index (χ1n) is 4.19. The number of nitrogens with zero attached hydrogens (tertiary/aromatic N) is 3. The van der Waals surface area contributed by atoms with Gasteiger partial charge in [-0.1, -0.05) is 0 Å². The summed E-state index contributed by atoms with van der Waals surface area (Å²) in [6, 6.07) is 0. The van der Waals surface area contributed by atoms with Crippen molar-refractivity contribution in [3.05, 3.63) is 17.5 Å². The first kappa shape index (κ1) is 10.4. The molecule has 0 fully saturated rings. The quantitative estimate of drug-likeness (QED) is 0.639. The van der Waals surface area contributed by atoms with Crippen LogP contribution in [0.4, 0.5) is 0 Å². The van der Waals surface area contributed by atoms with Crippen LogP contribution >= 0.6 is 0 Å². The van der Waals surface area contributed by atoms with E-state index in [-0.39, 0.29) is 17.4 Å². The van der Waals surface area contributed by atoms with Crippen LogP contribution < -0.4 is 0 Å². The van der Waals surface area contributed by atoms with Crippen LogP contribution in [0.15, 0.2) is 6.20 Å². The Morgan fingerprint density at radius 3 is 2.43 bits per heavy atom. The number of Topliss-reactive ketones (excluding diaryl/α,β-unsaturated/α-hetero) is 1. The highest BCUT2D eigenvalue weighted by molar-refractivity contribution is 6.05. The molecule has 0 saturated heterocycles. The number of carbonyl (C=O) groups is 2. The van der Waals surface area contributed by atoms with Crippen molar-refractivity contribution >= 4 is 11.7 Å². The lowest BCUT2D eigenvalue weighted by molar-refractivity contribution is 0.0815. The number of aromatic nitrogens is 2. The second kappa shape index (κ2) is 3.61. The van der Waals surface area contributed by atoms with Gasteiger partial charge in [0.05, 0.1) is 5.56 Å². The fourth-order valence-corrected chi connectivity index (χ4v) is 1.12. The van der Waals surface area contributed by atoms with Crippen LogP contribution in [-0.4, -0.2) is 40.5 Å². The maximum atomic E-state index is 11.6. The van der Waals surface area contributed by atoms with Crippen LogP contribution in [0.3, 0.4) is 0 Å². The molecular weight excluding hydrogens is 182 g/mol. The number of amides is 1. The monoisotopic (exact) mass is 195 g/mol. The number of ketones is 1. The van der Waals surface area contributed by atoms with Gasteiger partial charge in [0, 0.05) is 27.3 Å². The minimum Gasteiger partial charge on any atom is -0.343 e. The molecule has 5 heteroatoms. The highest BCUT2D eigenvalue weighted by Gasteiger charge is 2.19. The summed E-state index contributed by atoms with van der Waals surface area (Å²) in [5, 5.41) is 3.96. The van der Waals surface area contributed by atoms with Crippen molar-refractivity contribution in [3.8, 4) is 0 Å². The van der Waals surface area contributed by atoms with Crippen molar-refractivity contribution in [1.29, 1.82) is 0 Å². The lowest BCUT2D eigenvalue weighted by atomic mass is 10.2. The first-order valence-corrected chi connectivity index (χ1v) is 4.19. The zero-order valence-corrected chi connectivity index (χ0v) is 8.74. The fourth-order valence-electron chi connectivity index (χ4n) is 1.12. The number of rotatable bonds is 2. The second-order valence-electron chi connectivity index (χ2n) is 3.32. The molecule has 0 radical (unpaired) electrons. The summed E-state index contributed by atoms with van der Waals surface area (Å²) in [6.07, 6.45) is 1.55. The summed E-state index contributed by atoms with van der Waals surface area (Å²) < 4.78 is 1.47. The van der Waals surface area contributed by atoms with Crippen molar-refractivity contribution in [1.82, 2.24) is 14.7 Å². The molecule has 1 aromatic heterocycles. The second-order valence-corrected chi connectivity index (χ2v) is 3.32. The van der Waals surface area contributed by atoms with Crippen molar-refractivity contribution in [3.63, 3.8) is 0 Å². The predicted molar refractivity (Wildman–Crippen MR) is 51.2 cm³/mol. The van der Waals surface area contributed by atoms with Crippen LogP contribution in [0.5, 0.6) is 0 Å². The highest BCUT2D eigenvalue weighted by Crippen LogP contribution is 2.08. The Morgan fingerprint density at radius 1 is 1.43 bits per heavy atom. The third-order valence-electron chi connectivity index (χ3n) is 1.82. The van der Waals surface area contributed by atoms with Crippen LogP contribution in [-0.2, 0) is 7.05 Å². The molecule has 1 amide bonds. The van der Waals surface area contributed by atoms with Crippen molar-refractivity contribution in [2.45, 2.75) is 6.92 Å². The van der Waals surface area contributed by atoms with Gasteiger partial charge in [0.15, 0.2) is 11.5 Å². The number of hydrogen-bond acceptors (Lipinski definition) is 3. The van der Waals surface area contributed by atoms with Crippen LogP contribution in [0, 0.1) is 0 Å². The fraction of sp³-hybridized carbons (Fsp3) is 0.444. The lowest BCUT2D eigenvalue weighted by Crippen LogP contribution is -2.24. The Balaban J connectivity index is 3.20. The Morgan fingerprint density at radius 2 is 2.00 bits per heavy atom. The normalized spacial score (nSPS) is 10.0. The van der Waals surface area contributed by atoms with Crippen molar-refractivity contribution in [2.75, 3.05) is 14.1 Å². The molecule has 0 atom stereocenters. The predicted octanol–water partition coefficient (Wildman–Crippen LogP) is 0.325. The smallest absolute Gasteiger partial charge is 0.274 e. The molecule has 0 spiro atoms. The SMILES string of the molecule is CC(=O)c1cn(C)nc1C(=O)N(C)C. The van der Waals surface area contributed by atoms with Crippen LogP contribution in [0.1, 0.15) is 27.8 Å². The van der Waals surface area contributed by atoms with E-state index in [0.717, 1.165) is 0 Å². The van der Waals surface area contributed by atoms with Gasteiger partial charge in [0.2, 0.25) is 0 Å². The van der Waals surface area contributed by atoms with Gasteiger partial charge >= 0.3 is 0 Å². The number of aryl methyl sites for hydroxylation is 1. The first-order chi connectivity index (χ1) is 6.43. The van der Waals surface area contributed by atoms with Crippen LogP contribution in [0.25, 0.3) is 0 Å². The van der Waals surface area contributed by atoms with Gasteiger partial charge in [-0.3, -0.25) is 14.3 Å². The molecule has 0 aliphatic heterocycles. The van der Waals surface area contributed by atoms with Crippen molar-refractivity contribution in [2.24, 2.45) is 7.05 Å². The van der Waals surface area contributed by atoms with E-state index < -0.39 is 0 Å². The van der Waals surface area contributed by atoms with Gasteiger partial charge in [-0.05, 0) is 6.92 Å². The molecule has 5 nitrogen and oxygen atoms in total. The zero-order valence-electron chi connectivity index (χ0n) is 8.74. The molecule has 0 aliphatic rings. The summed E-state index contributed by atoms with van der Waals surface area (Å²) in [4.78, 5) is 24.2. The third kappa shape index (κ3) is 1.81. The van der Waals surface area contributed by atoms with Crippen LogP contribution in [0.2, 0.25) is 0 Å². The minimum atomic E-state index is -0.254. The molecule has 0 saturated carbocycles. The summed E-state index contributed by atoms with van der Waals surface area (Å²) >= 11 is 0. The van der Waals surface area contributed by atoms with E-state index in [0.29, 0.717) is 5.56 Å². The summed E-state index contributed by atoms with van der Waals surface area (Å²) in [7, 11) is 4.93. The van der Waals surface area contributed by atoms with Gasteiger partial charge < -0.3 is 4.90 Å². The topological polar surface area (TPSA) is 55.2 Å². The molecule has 14 heavy (non-hydrogen) atoms. The molecule has 0 N–H and O–H groups in total. The Hall–Kier alpha value is -1.65. The average molecular weight is 195 g/mol. The van der Waals surface area contributed by atoms with E-state index in [1.54, 1.807) is 27.3 Å². The average Bonchev–Trinajstić information content (AvgIpc) is 2.45. The number of hydrogen-bond donors (Lipinski definition) is 0. The largest absolute Gasteiger partial charge is 0.343 e. The minimum absolute atomic E-state index is 0.150. The summed E-state index contributed by atoms with van der Waals surface area (Å²) in [5.74, 6) is -0.404. The standard InChI is InChI=1S/C9H13N3O2/c1-6(13)7-5-12(4)10-8(7)9(14)11(2)3/h5H,1-4H3. The Labute approximate surface area is 82.3 Å². The van der Waals surface area contributed by atoms with Gasteiger partial charge in [0.25, 0.3) is 5.91 Å². The molecule has 0 bridgehead atoms. The van der Waals surface area contributed by atoms with E-state index in [9.17, 15) is 9.59 Å². The van der Waals surface area contributed by atoms with E-state index in [1.165, 1.54) is 16.5 Å². The molecule has 0 aliphatic carbocycles. The molecular formula is C9H13N3O2. The molecule has 1 aromatic rings. The summed E-state index contributed by atoms with van der Waals surface area (Å²) in [5.41, 5.74) is 0.580. The molecule has 0 aromatic carbocycles. The number of carbonyl (C=O) groups excluding carboxylic acids is 2. The van der Waals surface area contributed by atoms with Gasteiger partial charge in [-0.2, -0.15) is 5.10 Å². The van der Waals surface area contributed by atoms with E-state index >= 15 is 0 Å².